The van der Waals surface area contributed by atoms with Gasteiger partial charge < -0.3 is 26.2 Å². The van der Waals surface area contributed by atoms with E-state index in [0.29, 0.717) is 12.8 Å². The standard InChI is InChI=1S/C48H93N2O7P/c1-3-5-7-9-11-13-15-17-19-21-23-25-27-29-31-33-35-37-39-45(51)43-48(53)50-46(44-57-58(54,55)56-42-41-49)47(52)40-38-36-34-32-30-28-26-24-22-20-18-16-14-12-10-8-6-4-2/h23,25,30,32,38,40,45-47,51-52H,3-22,24,26-29,31,33-37,39,41-44,49H2,1-2H3,(H,50,53)(H,54,55)/b25-23-,32-30+,40-38+. The summed E-state index contributed by atoms with van der Waals surface area (Å²) in [5.74, 6) is -0.459. The minimum absolute atomic E-state index is 0.0436. The molecule has 0 saturated heterocycles. The Balaban J connectivity index is 4.30. The summed E-state index contributed by atoms with van der Waals surface area (Å²) in [6.45, 7) is 3.96. The molecule has 0 fully saturated rings. The van der Waals surface area contributed by atoms with E-state index in [1.807, 2.05) is 6.08 Å². The second-order valence-corrected chi connectivity index (χ2v) is 18.0. The minimum atomic E-state index is -4.41. The fraction of sp³-hybridized carbons (Fsp3) is 0.854. The van der Waals surface area contributed by atoms with Gasteiger partial charge in [0.15, 0.2) is 0 Å². The van der Waals surface area contributed by atoms with Crippen LogP contribution in [0.1, 0.15) is 226 Å². The summed E-state index contributed by atoms with van der Waals surface area (Å²) in [7, 11) is -4.41. The molecule has 0 spiro atoms. The number of amides is 1. The van der Waals surface area contributed by atoms with Crippen LogP contribution in [0.25, 0.3) is 0 Å². The molecule has 0 aromatic carbocycles. The van der Waals surface area contributed by atoms with Crippen LogP contribution in [-0.4, -0.2) is 59.0 Å². The molecule has 0 saturated carbocycles. The van der Waals surface area contributed by atoms with Gasteiger partial charge in [0, 0.05) is 6.54 Å². The lowest BCUT2D eigenvalue weighted by atomic mass is 10.0. The molecule has 58 heavy (non-hydrogen) atoms. The molecule has 0 heterocycles. The van der Waals surface area contributed by atoms with Crippen LogP contribution in [0.2, 0.25) is 0 Å². The van der Waals surface area contributed by atoms with Crippen LogP contribution in [0.5, 0.6) is 0 Å². The highest BCUT2D eigenvalue weighted by atomic mass is 31.2. The molecule has 0 rings (SSSR count). The van der Waals surface area contributed by atoms with Gasteiger partial charge in [-0.3, -0.25) is 13.8 Å². The fourth-order valence-corrected chi connectivity index (χ4v) is 7.83. The number of hydrogen-bond acceptors (Lipinski definition) is 7. The van der Waals surface area contributed by atoms with Gasteiger partial charge in [-0.05, 0) is 57.8 Å². The molecular weight excluding hydrogens is 748 g/mol. The van der Waals surface area contributed by atoms with Gasteiger partial charge >= 0.3 is 7.82 Å². The van der Waals surface area contributed by atoms with Crippen LogP contribution in [0.15, 0.2) is 36.5 Å². The highest BCUT2D eigenvalue weighted by Gasteiger charge is 2.27. The summed E-state index contributed by atoms with van der Waals surface area (Å²) in [4.78, 5) is 22.8. The molecule has 0 radical (unpaired) electrons. The van der Waals surface area contributed by atoms with E-state index in [4.69, 9.17) is 14.8 Å². The number of unbranched alkanes of at least 4 members (excludes halogenated alkanes) is 27. The van der Waals surface area contributed by atoms with E-state index in [1.54, 1.807) is 6.08 Å². The molecule has 0 bridgehead atoms. The van der Waals surface area contributed by atoms with Gasteiger partial charge in [0.2, 0.25) is 5.91 Å². The molecule has 0 aliphatic rings. The van der Waals surface area contributed by atoms with E-state index in [1.165, 1.54) is 148 Å². The number of aliphatic hydroxyl groups excluding tert-OH is 2. The maximum absolute atomic E-state index is 12.8. The quantitative estimate of drug-likeness (QED) is 0.0231. The average Bonchev–Trinajstić information content (AvgIpc) is 3.20. The van der Waals surface area contributed by atoms with Crippen molar-refractivity contribution in [3.8, 4) is 0 Å². The lowest BCUT2D eigenvalue weighted by Crippen LogP contribution is -2.46. The monoisotopic (exact) mass is 841 g/mol. The van der Waals surface area contributed by atoms with Gasteiger partial charge in [0.1, 0.15) is 0 Å². The predicted molar refractivity (Wildman–Crippen MR) is 246 cm³/mol. The topological polar surface area (TPSA) is 151 Å². The van der Waals surface area contributed by atoms with Crippen molar-refractivity contribution in [2.24, 2.45) is 5.73 Å². The summed E-state index contributed by atoms with van der Waals surface area (Å²) < 4.78 is 22.1. The van der Waals surface area contributed by atoms with Gasteiger partial charge in [-0.1, -0.05) is 198 Å². The molecule has 6 N–H and O–H groups in total. The number of aliphatic hydroxyl groups is 2. The van der Waals surface area contributed by atoms with Gasteiger partial charge in [-0.15, -0.1) is 0 Å². The molecule has 0 aliphatic heterocycles. The van der Waals surface area contributed by atoms with Crippen molar-refractivity contribution < 1.29 is 33.5 Å². The van der Waals surface area contributed by atoms with Crippen molar-refractivity contribution in [3.63, 3.8) is 0 Å². The van der Waals surface area contributed by atoms with Crippen molar-refractivity contribution >= 4 is 13.7 Å². The van der Waals surface area contributed by atoms with Crippen molar-refractivity contribution in [1.82, 2.24) is 5.32 Å². The number of carbonyl (C=O) groups excluding carboxylic acids is 1. The Hall–Kier alpha value is -1.32. The first kappa shape index (κ1) is 56.7. The zero-order valence-electron chi connectivity index (χ0n) is 37.7. The van der Waals surface area contributed by atoms with Crippen molar-refractivity contribution in [1.29, 1.82) is 0 Å². The van der Waals surface area contributed by atoms with Crippen LogP contribution < -0.4 is 11.1 Å². The number of nitrogens with two attached hydrogens (primary N) is 1. The molecule has 9 nitrogen and oxygen atoms in total. The minimum Gasteiger partial charge on any atom is -0.393 e. The van der Waals surface area contributed by atoms with E-state index >= 15 is 0 Å². The highest BCUT2D eigenvalue weighted by Crippen LogP contribution is 2.43. The summed E-state index contributed by atoms with van der Waals surface area (Å²) in [6, 6.07) is -1.00. The van der Waals surface area contributed by atoms with Crippen molar-refractivity contribution in [2.45, 2.75) is 244 Å². The number of phosphoric acid groups is 1. The zero-order chi connectivity index (χ0) is 42.6. The second kappa shape index (κ2) is 43.8. The van der Waals surface area contributed by atoms with E-state index in [9.17, 15) is 24.5 Å². The normalized spacial score (nSPS) is 14.8. The summed E-state index contributed by atoms with van der Waals surface area (Å²) in [5, 5.41) is 24.1. The average molecular weight is 841 g/mol. The number of phosphoric ester groups is 1. The maximum Gasteiger partial charge on any atom is 0.472 e. The van der Waals surface area contributed by atoms with E-state index in [-0.39, 0.29) is 19.6 Å². The summed E-state index contributed by atoms with van der Waals surface area (Å²) in [5.41, 5.74) is 5.37. The first-order valence-electron chi connectivity index (χ1n) is 24.2. The second-order valence-electron chi connectivity index (χ2n) is 16.5. The zero-order valence-corrected chi connectivity index (χ0v) is 38.5. The van der Waals surface area contributed by atoms with Gasteiger partial charge in [0.25, 0.3) is 0 Å². The Morgan fingerprint density at radius 1 is 0.586 bits per heavy atom. The maximum atomic E-state index is 12.8. The predicted octanol–water partition coefficient (Wildman–Crippen LogP) is 12.9. The van der Waals surface area contributed by atoms with Gasteiger partial charge in [-0.25, -0.2) is 4.57 Å². The van der Waals surface area contributed by atoms with Gasteiger partial charge in [0.05, 0.1) is 37.9 Å². The number of carbonyl (C=O) groups is 1. The lowest BCUT2D eigenvalue weighted by molar-refractivity contribution is -0.124. The Bertz CT molecular complexity index is 1020. The number of allylic oxidation sites excluding steroid dienone is 5. The van der Waals surface area contributed by atoms with Crippen LogP contribution in [-0.2, 0) is 18.4 Å². The third kappa shape index (κ3) is 41.4. The third-order valence-corrected chi connectivity index (χ3v) is 11.7. The molecule has 4 atom stereocenters. The largest absolute Gasteiger partial charge is 0.472 e. The fourth-order valence-electron chi connectivity index (χ4n) is 7.07. The molecule has 0 aromatic rings. The van der Waals surface area contributed by atoms with E-state index in [0.717, 1.165) is 44.9 Å². The third-order valence-electron chi connectivity index (χ3n) is 10.7. The summed E-state index contributed by atoms with van der Waals surface area (Å²) >= 11 is 0. The Morgan fingerprint density at radius 2 is 0.983 bits per heavy atom. The van der Waals surface area contributed by atoms with Gasteiger partial charge in [-0.2, -0.15) is 0 Å². The van der Waals surface area contributed by atoms with Crippen LogP contribution in [0, 0.1) is 0 Å². The number of nitrogens with one attached hydrogen (secondary N) is 1. The number of rotatable bonds is 45. The van der Waals surface area contributed by atoms with Crippen LogP contribution >= 0.6 is 7.82 Å². The molecule has 10 heteroatoms. The molecule has 1 amide bonds. The first-order chi connectivity index (χ1) is 28.3. The van der Waals surface area contributed by atoms with Crippen LogP contribution in [0.3, 0.4) is 0 Å². The Kier molecular flexibility index (Phi) is 42.8. The van der Waals surface area contributed by atoms with Crippen molar-refractivity contribution in [3.05, 3.63) is 36.5 Å². The van der Waals surface area contributed by atoms with Crippen LogP contribution in [0.4, 0.5) is 0 Å². The Morgan fingerprint density at radius 3 is 1.43 bits per heavy atom. The SMILES string of the molecule is CCCCCCCCCCC/C=C\CCCCCCCC(O)CC(=O)NC(COP(=O)(O)OCCN)C(O)/C=C/CC/C=C/CCCCCCCCCCCCCC. The molecule has 4 unspecified atom stereocenters. The highest BCUT2D eigenvalue weighted by molar-refractivity contribution is 7.47. The van der Waals surface area contributed by atoms with E-state index < -0.39 is 38.6 Å². The molecule has 0 aliphatic carbocycles. The number of hydrogen-bond donors (Lipinski definition) is 5. The molecule has 342 valence electrons. The molecule has 0 aromatic heterocycles. The Labute approximate surface area is 357 Å². The van der Waals surface area contributed by atoms with E-state index in [2.05, 4.69) is 43.5 Å². The first-order valence-corrected chi connectivity index (χ1v) is 25.7. The molecular formula is C48H93N2O7P. The lowest BCUT2D eigenvalue weighted by Gasteiger charge is -2.24. The van der Waals surface area contributed by atoms with Crippen molar-refractivity contribution in [2.75, 3.05) is 19.8 Å². The smallest absolute Gasteiger partial charge is 0.393 e. The summed E-state index contributed by atoms with van der Waals surface area (Å²) in [6.07, 6.45) is 49.5.